The van der Waals surface area contributed by atoms with Gasteiger partial charge in [0.2, 0.25) is 0 Å². The Kier molecular flexibility index (Phi) is 3.64. The molecule has 3 heterocycles. The van der Waals surface area contributed by atoms with Crippen LogP contribution in [0.2, 0.25) is 0 Å². The van der Waals surface area contributed by atoms with Crippen LogP contribution in [0, 0.1) is 0 Å². The predicted molar refractivity (Wildman–Crippen MR) is 90.3 cm³/mol. The van der Waals surface area contributed by atoms with Crippen molar-refractivity contribution in [1.29, 1.82) is 0 Å². The Labute approximate surface area is 141 Å². The van der Waals surface area contributed by atoms with Crippen LogP contribution in [-0.2, 0) is 6.54 Å². The monoisotopic (exact) mass is 337 g/mol. The fourth-order valence-corrected chi connectivity index (χ4v) is 2.71. The molecule has 0 atom stereocenters. The van der Waals surface area contributed by atoms with Crippen molar-refractivity contribution in [2.24, 2.45) is 0 Å². The molecule has 0 unspecified atom stereocenters. The molecule has 1 fully saturated rings. The average molecular weight is 337 g/mol. The summed E-state index contributed by atoms with van der Waals surface area (Å²) in [5.74, 6) is -0.358. The van der Waals surface area contributed by atoms with Crippen LogP contribution in [0.25, 0.3) is 11.0 Å². The summed E-state index contributed by atoms with van der Waals surface area (Å²) in [6.45, 7) is 0.273. The minimum Gasteiger partial charge on any atom is -0.346 e. The van der Waals surface area contributed by atoms with Gasteiger partial charge >= 0.3 is 5.69 Å². The summed E-state index contributed by atoms with van der Waals surface area (Å²) in [6, 6.07) is 6.97. The highest BCUT2D eigenvalue weighted by Gasteiger charge is 2.27. The predicted octanol–water partition coefficient (Wildman–Crippen LogP) is 0.745. The van der Waals surface area contributed by atoms with Crippen molar-refractivity contribution in [3.8, 4) is 0 Å². The van der Waals surface area contributed by atoms with E-state index in [1.165, 1.54) is 16.8 Å². The maximum Gasteiger partial charge on any atom is 0.330 e. The Morgan fingerprint density at radius 3 is 2.84 bits per heavy atom. The van der Waals surface area contributed by atoms with E-state index in [-0.39, 0.29) is 29.4 Å². The standard InChI is InChI=1S/C17H15N5O3/c23-15(20-9-11-3-1-2-6-18-11)10-7-13-14(19-8-10)22(12-4-5-12)17(25)21-16(13)24/h1-3,6-8,12H,4-5,9H2,(H,20,23)(H,21,24,25). The summed E-state index contributed by atoms with van der Waals surface area (Å²) in [4.78, 5) is 47.0. The summed E-state index contributed by atoms with van der Waals surface area (Å²) in [7, 11) is 0. The number of carbonyl (C=O) groups excluding carboxylic acids is 1. The summed E-state index contributed by atoms with van der Waals surface area (Å²) in [6.07, 6.45) is 4.80. The van der Waals surface area contributed by atoms with Gasteiger partial charge in [-0.25, -0.2) is 9.78 Å². The number of aromatic amines is 1. The highest BCUT2D eigenvalue weighted by atomic mass is 16.2. The molecule has 3 aromatic rings. The molecule has 126 valence electrons. The third-order valence-electron chi connectivity index (χ3n) is 4.11. The number of H-pyrrole nitrogens is 1. The molecule has 4 rings (SSSR count). The Balaban J connectivity index is 1.66. The van der Waals surface area contributed by atoms with Gasteiger partial charge in [0.1, 0.15) is 5.65 Å². The van der Waals surface area contributed by atoms with Gasteiger partial charge in [-0.05, 0) is 31.0 Å². The van der Waals surface area contributed by atoms with Crippen LogP contribution in [0.3, 0.4) is 0 Å². The maximum atomic E-state index is 12.3. The van der Waals surface area contributed by atoms with Crippen LogP contribution in [0.4, 0.5) is 0 Å². The molecule has 1 amide bonds. The molecule has 1 aliphatic rings. The van der Waals surface area contributed by atoms with Crippen molar-refractivity contribution in [2.45, 2.75) is 25.4 Å². The van der Waals surface area contributed by atoms with Gasteiger partial charge in [0, 0.05) is 18.4 Å². The van der Waals surface area contributed by atoms with E-state index in [2.05, 4.69) is 20.3 Å². The summed E-state index contributed by atoms with van der Waals surface area (Å²) >= 11 is 0. The number of hydrogen-bond donors (Lipinski definition) is 2. The second kappa shape index (κ2) is 5.97. The van der Waals surface area contributed by atoms with E-state index >= 15 is 0 Å². The molecular formula is C17H15N5O3. The SMILES string of the molecule is O=C(NCc1ccccn1)c1cnc2c(c1)c(=O)[nH]c(=O)n2C1CC1. The van der Waals surface area contributed by atoms with Crippen LogP contribution in [-0.4, -0.2) is 25.4 Å². The lowest BCUT2D eigenvalue weighted by atomic mass is 10.2. The van der Waals surface area contributed by atoms with Crippen LogP contribution in [0.15, 0.2) is 46.2 Å². The van der Waals surface area contributed by atoms with Gasteiger partial charge in [-0.1, -0.05) is 6.07 Å². The van der Waals surface area contributed by atoms with Crippen molar-refractivity contribution in [2.75, 3.05) is 0 Å². The highest BCUT2D eigenvalue weighted by Crippen LogP contribution is 2.34. The van der Waals surface area contributed by atoms with Crippen molar-refractivity contribution in [1.82, 2.24) is 24.8 Å². The fraction of sp³-hybridized carbons (Fsp3) is 0.235. The number of nitrogens with zero attached hydrogens (tertiary/aromatic N) is 3. The molecule has 0 aliphatic heterocycles. The zero-order valence-corrected chi connectivity index (χ0v) is 13.2. The average Bonchev–Trinajstić information content (AvgIpc) is 3.45. The van der Waals surface area contributed by atoms with Gasteiger partial charge in [0.05, 0.1) is 23.2 Å². The number of carbonyl (C=O) groups is 1. The smallest absolute Gasteiger partial charge is 0.330 e. The molecule has 1 saturated carbocycles. The van der Waals surface area contributed by atoms with Crippen molar-refractivity contribution in [3.05, 3.63) is 68.8 Å². The number of nitrogens with one attached hydrogen (secondary N) is 2. The number of rotatable bonds is 4. The van der Waals surface area contributed by atoms with Crippen molar-refractivity contribution >= 4 is 16.9 Å². The van der Waals surface area contributed by atoms with E-state index in [9.17, 15) is 14.4 Å². The van der Waals surface area contributed by atoms with Gasteiger partial charge < -0.3 is 5.32 Å². The first-order chi connectivity index (χ1) is 12.1. The molecule has 0 bridgehead atoms. The summed E-state index contributed by atoms with van der Waals surface area (Å²) in [5.41, 5.74) is 0.307. The second-order valence-corrected chi connectivity index (χ2v) is 5.96. The molecule has 0 radical (unpaired) electrons. The third kappa shape index (κ3) is 2.93. The Bertz CT molecular complexity index is 1070. The minimum atomic E-state index is -0.538. The van der Waals surface area contributed by atoms with Crippen LogP contribution < -0.4 is 16.6 Å². The lowest BCUT2D eigenvalue weighted by Crippen LogP contribution is -2.31. The largest absolute Gasteiger partial charge is 0.346 e. The molecule has 3 aromatic heterocycles. The number of hydrogen-bond acceptors (Lipinski definition) is 5. The molecule has 8 nitrogen and oxygen atoms in total. The number of aromatic nitrogens is 4. The van der Waals surface area contributed by atoms with Crippen molar-refractivity contribution < 1.29 is 4.79 Å². The molecule has 0 aromatic carbocycles. The number of amides is 1. The first-order valence-electron chi connectivity index (χ1n) is 7.96. The van der Waals surface area contributed by atoms with Crippen molar-refractivity contribution in [3.63, 3.8) is 0 Å². The van der Waals surface area contributed by atoms with E-state index in [1.807, 2.05) is 6.07 Å². The fourth-order valence-electron chi connectivity index (χ4n) is 2.71. The van der Waals surface area contributed by atoms with Gasteiger partial charge in [-0.15, -0.1) is 0 Å². The maximum absolute atomic E-state index is 12.3. The summed E-state index contributed by atoms with van der Waals surface area (Å²) < 4.78 is 1.49. The van der Waals surface area contributed by atoms with Crippen LogP contribution >= 0.6 is 0 Å². The van der Waals surface area contributed by atoms with E-state index in [1.54, 1.807) is 18.3 Å². The number of fused-ring (bicyclic) bond motifs is 1. The number of pyridine rings is 2. The lowest BCUT2D eigenvalue weighted by molar-refractivity contribution is 0.0950. The first-order valence-corrected chi connectivity index (χ1v) is 7.96. The van der Waals surface area contributed by atoms with Crippen LogP contribution in [0.1, 0.15) is 34.9 Å². The molecule has 8 heteroatoms. The Hall–Kier alpha value is -3.29. The van der Waals surface area contributed by atoms with Crippen LogP contribution in [0.5, 0.6) is 0 Å². The normalized spacial score (nSPS) is 13.8. The van der Waals surface area contributed by atoms with E-state index < -0.39 is 11.2 Å². The molecule has 25 heavy (non-hydrogen) atoms. The van der Waals surface area contributed by atoms with Gasteiger partial charge in [0.25, 0.3) is 11.5 Å². The van der Waals surface area contributed by atoms with Gasteiger partial charge in [-0.2, -0.15) is 0 Å². The van der Waals surface area contributed by atoms with Gasteiger partial charge in [0.15, 0.2) is 0 Å². The third-order valence-corrected chi connectivity index (χ3v) is 4.11. The zero-order valence-electron chi connectivity index (χ0n) is 13.2. The molecule has 2 N–H and O–H groups in total. The van der Waals surface area contributed by atoms with E-state index in [0.29, 0.717) is 5.65 Å². The first kappa shape index (κ1) is 15.3. The molecule has 0 saturated heterocycles. The molecule has 1 aliphatic carbocycles. The Morgan fingerprint density at radius 1 is 1.28 bits per heavy atom. The lowest BCUT2D eigenvalue weighted by Gasteiger charge is -2.09. The van der Waals surface area contributed by atoms with Gasteiger partial charge in [-0.3, -0.25) is 24.1 Å². The quantitative estimate of drug-likeness (QED) is 0.730. The van der Waals surface area contributed by atoms with E-state index in [4.69, 9.17) is 0 Å². The highest BCUT2D eigenvalue weighted by molar-refractivity contribution is 5.96. The topological polar surface area (TPSA) is 110 Å². The zero-order chi connectivity index (χ0) is 17.4. The minimum absolute atomic E-state index is 0.0724. The molecule has 0 spiro atoms. The molecular weight excluding hydrogens is 322 g/mol. The Morgan fingerprint density at radius 2 is 2.12 bits per heavy atom. The van der Waals surface area contributed by atoms with E-state index in [0.717, 1.165) is 18.5 Å². The second-order valence-electron chi connectivity index (χ2n) is 5.96. The summed E-state index contributed by atoms with van der Waals surface area (Å²) in [5, 5.41) is 2.97.